The molecule has 0 aliphatic rings. The first-order valence-electron chi connectivity index (χ1n) is 10.7. The van der Waals surface area contributed by atoms with Gasteiger partial charge in [-0.25, -0.2) is 0 Å². The van der Waals surface area contributed by atoms with Crippen LogP contribution < -0.4 is 0 Å². The smallest absolute Gasteiger partial charge is 0.0852 e. The minimum Gasteiger partial charge on any atom is -0.252 e. The van der Waals surface area contributed by atoms with E-state index >= 15 is 0 Å². The van der Waals surface area contributed by atoms with Crippen LogP contribution in [0.2, 0.25) is 0 Å². The quantitative estimate of drug-likeness (QED) is 0.434. The maximum absolute atomic E-state index is 4.30. The van der Waals surface area contributed by atoms with Gasteiger partial charge in [-0.1, -0.05) is 43.3 Å². The molecule has 29 heavy (non-hydrogen) atoms. The molecule has 0 N–H and O–H groups in total. The van der Waals surface area contributed by atoms with Gasteiger partial charge in [0.2, 0.25) is 0 Å². The normalized spacial score (nSPS) is 11.8. The van der Waals surface area contributed by atoms with Crippen molar-refractivity contribution in [3.8, 4) is 0 Å². The standard InChI is InChI=1S/C20H33N9/c1-16(2)19-14-28(25-22-19)10-6-5-9-18-13-27(24-21-18)11-7-8-12-29-15-20(17(3)4)23-26-29/h13-17H,5-12H2,1-4H3. The molecule has 3 aromatic heterocycles. The summed E-state index contributed by atoms with van der Waals surface area (Å²) < 4.78 is 5.81. The summed E-state index contributed by atoms with van der Waals surface area (Å²) in [5, 5.41) is 25.3. The van der Waals surface area contributed by atoms with Crippen LogP contribution in [0.5, 0.6) is 0 Å². The van der Waals surface area contributed by atoms with Gasteiger partial charge in [-0.15, -0.1) is 15.3 Å². The summed E-state index contributed by atoms with van der Waals surface area (Å²) in [6.45, 7) is 11.2. The Morgan fingerprint density at radius 3 is 1.55 bits per heavy atom. The Labute approximate surface area is 172 Å². The van der Waals surface area contributed by atoms with Crippen molar-refractivity contribution in [3.05, 3.63) is 35.7 Å². The Morgan fingerprint density at radius 2 is 1.07 bits per heavy atom. The third-order valence-electron chi connectivity index (χ3n) is 4.98. The molecule has 3 aromatic rings. The minimum atomic E-state index is 0.422. The molecule has 0 atom stereocenters. The molecule has 0 aromatic carbocycles. The molecule has 0 bridgehead atoms. The molecule has 0 unspecified atom stereocenters. The fourth-order valence-electron chi connectivity index (χ4n) is 3.06. The molecule has 3 heterocycles. The highest BCUT2D eigenvalue weighted by Crippen LogP contribution is 2.11. The molecule has 158 valence electrons. The van der Waals surface area contributed by atoms with Gasteiger partial charge in [0.1, 0.15) is 0 Å². The van der Waals surface area contributed by atoms with Gasteiger partial charge in [-0.3, -0.25) is 14.0 Å². The second-order valence-electron chi connectivity index (χ2n) is 8.26. The molecule has 0 fully saturated rings. The van der Waals surface area contributed by atoms with Crippen molar-refractivity contribution in [2.75, 3.05) is 0 Å². The summed E-state index contributed by atoms with van der Waals surface area (Å²) in [5.41, 5.74) is 3.16. The monoisotopic (exact) mass is 399 g/mol. The highest BCUT2D eigenvalue weighted by molar-refractivity contribution is 4.98. The minimum absolute atomic E-state index is 0.422. The average Bonchev–Trinajstić information content (AvgIpc) is 3.43. The van der Waals surface area contributed by atoms with Gasteiger partial charge >= 0.3 is 0 Å². The molecule has 0 aliphatic carbocycles. The molecular formula is C20H33N9. The molecule has 9 nitrogen and oxygen atoms in total. The van der Waals surface area contributed by atoms with E-state index in [0.29, 0.717) is 11.8 Å². The predicted molar refractivity (Wildman–Crippen MR) is 110 cm³/mol. The number of aromatic nitrogens is 9. The molecule has 3 rings (SSSR count). The molecule has 0 saturated carbocycles. The third kappa shape index (κ3) is 6.47. The van der Waals surface area contributed by atoms with E-state index in [4.69, 9.17) is 0 Å². The number of unbranched alkanes of at least 4 members (excludes halogenated alkanes) is 2. The summed E-state index contributed by atoms with van der Waals surface area (Å²) in [6.07, 6.45) is 11.3. The van der Waals surface area contributed by atoms with Gasteiger partial charge in [-0.2, -0.15) is 0 Å². The second kappa shape index (κ2) is 10.3. The van der Waals surface area contributed by atoms with Gasteiger partial charge in [0.25, 0.3) is 0 Å². The van der Waals surface area contributed by atoms with Crippen molar-refractivity contribution in [1.29, 1.82) is 0 Å². The average molecular weight is 400 g/mol. The third-order valence-corrected chi connectivity index (χ3v) is 4.98. The molecule has 0 radical (unpaired) electrons. The predicted octanol–water partition coefficient (Wildman–Crippen LogP) is 3.21. The van der Waals surface area contributed by atoms with Crippen molar-refractivity contribution in [2.45, 2.75) is 91.3 Å². The number of hydrogen-bond donors (Lipinski definition) is 0. The summed E-state index contributed by atoms with van der Waals surface area (Å²) in [4.78, 5) is 0. The van der Waals surface area contributed by atoms with E-state index < -0.39 is 0 Å². The van der Waals surface area contributed by atoms with E-state index in [2.05, 4.69) is 64.8 Å². The first-order chi connectivity index (χ1) is 14.0. The largest absolute Gasteiger partial charge is 0.252 e. The summed E-state index contributed by atoms with van der Waals surface area (Å²) in [7, 11) is 0. The molecule has 0 aliphatic heterocycles. The van der Waals surface area contributed by atoms with E-state index in [1.54, 1.807) is 0 Å². The van der Waals surface area contributed by atoms with Crippen molar-refractivity contribution >= 4 is 0 Å². The maximum Gasteiger partial charge on any atom is 0.0852 e. The first-order valence-corrected chi connectivity index (χ1v) is 10.7. The Morgan fingerprint density at radius 1 is 0.621 bits per heavy atom. The van der Waals surface area contributed by atoms with Crippen LogP contribution in [0.1, 0.15) is 82.3 Å². The Bertz CT molecular complexity index is 790. The van der Waals surface area contributed by atoms with Gasteiger partial charge in [-0.05, 0) is 43.9 Å². The lowest BCUT2D eigenvalue weighted by molar-refractivity contribution is 0.487. The highest BCUT2D eigenvalue weighted by Gasteiger charge is 2.06. The van der Waals surface area contributed by atoms with Crippen LogP contribution in [0.25, 0.3) is 0 Å². The molecule has 9 heteroatoms. The Balaban J connectivity index is 1.30. The van der Waals surface area contributed by atoms with Gasteiger partial charge in [0, 0.05) is 38.2 Å². The van der Waals surface area contributed by atoms with Crippen LogP contribution in [0, 0.1) is 0 Å². The zero-order chi connectivity index (χ0) is 20.6. The van der Waals surface area contributed by atoms with Crippen molar-refractivity contribution in [1.82, 2.24) is 45.0 Å². The maximum atomic E-state index is 4.30. The van der Waals surface area contributed by atoms with Crippen molar-refractivity contribution in [3.63, 3.8) is 0 Å². The summed E-state index contributed by atoms with van der Waals surface area (Å²) in [5.74, 6) is 0.846. The van der Waals surface area contributed by atoms with Gasteiger partial charge < -0.3 is 0 Å². The molecule has 0 amide bonds. The fraction of sp³-hybridized carbons (Fsp3) is 0.700. The number of rotatable bonds is 12. The van der Waals surface area contributed by atoms with E-state index in [0.717, 1.165) is 68.8 Å². The second-order valence-corrected chi connectivity index (χ2v) is 8.26. The SMILES string of the molecule is CC(C)c1cn(CCCCc2cn(CCCCn3cc(C(C)C)nn3)nn2)nn1. The molecule has 0 saturated heterocycles. The zero-order valence-corrected chi connectivity index (χ0v) is 18.1. The topological polar surface area (TPSA) is 92.1 Å². The van der Waals surface area contributed by atoms with Gasteiger partial charge in [0.15, 0.2) is 0 Å². The highest BCUT2D eigenvalue weighted by atomic mass is 15.4. The van der Waals surface area contributed by atoms with E-state index in [1.807, 2.05) is 26.4 Å². The van der Waals surface area contributed by atoms with Crippen LogP contribution in [0.4, 0.5) is 0 Å². The van der Waals surface area contributed by atoms with Crippen molar-refractivity contribution in [2.24, 2.45) is 0 Å². The fourth-order valence-corrected chi connectivity index (χ4v) is 3.06. The Kier molecular flexibility index (Phi) is 7.48. The first kappa shape index (κ1) is 21.1. The summed E-state index contributed by atoms with van der Waals surface area (Å²) in [6, 6.07) is 0. The molecule has 0 spiro atoms. The number of aryl methyl sites for hydroxylation is 4. The lowest BCUT2D eigenvalue weighted by Gasteiger charge is -2.01. The van der Waals surface area contributed by atoms with Crippen LogP contribution >= 0.6 is 0 Å². The Hall–Kier alpha value is -2.58. The molecular weight excluding hydrogens is 366 g/mol. The number of nitrogens with zero attached hydrogens (tertiary/aromatic N) is 9. The van der Waals surface area contributed by atoms with Gasteiger partial charge in [0.05, 0.1) is 17.1 Å². The van der Waals surface area contributed by atoms with Crippen LogP contribution in [0.3, 0.4) is 0 Å². The van der Waals surface area contributed by atoms with E-state index in [9.17, 15) is 0 Å². The zero-order valence-electron chi connectivity index (χ0n) is 18.1. The van der Waals surface area contributed by atoms with Crippen LogP contribution in [0.15, 0.2) is 18.6 Å². The number of hydrogen-bond acceptors (Lipinski definition) is 6. The summed E-state index contributed by atoms with van der Waals surface area (Å²) >= 11 is 0. The lowest BCUT2D eigenvalue weighted by Crippen LogP contribution is -2.03. The van der Waals surface area contributed by atoms with E-state index in [1.165, 1.54) is 0 Å². The van der Waals surface area contributed by atoms with Crippen LogP contribution in [-0.4, -0.2) is 45.0 Å². The van der Waals surface area contributed by atoms with E-state index in [-0.39, 0.29) is 0 Å². The lowest BCUT2D eigenvalue weighted by atomic mass is 10.1. The van der Waals surface area contributed by atoms with Crippen LogP contribution in [-0.2, 0) is 26.1 Å². The van der Waals surface area contributed by atoms with Crippen molar-refractivity contribution < 1.29 is 0 Å².